The third-order valence-electron chi connectivity index (χ3n) is 20.4. The SMILES string of the molecule is CCCCCCCCCCCCCCCCCC(=O)O[C@H](COC(=O)CCCCCCCCC(C)C)COP(=O)(O)OC[C@H](O)COP(=O)(O)OC[C@@H](COC(=O)CCCCCCCCCCCCCCCCCCCCC(C)C)OC(=O)CCCCCCCCCCCCCCCCCCCCC(C)C. The van der Waals surface area contributed by atoms with Gasteiger partial charge in [0, 0.05) is 25.7 Å². The van der Waals surface area contributed by atoms with Crippen LogP contribution in [0, 0.1) is 17.8 Å². The molecular formula is C87H170O17P2. The van der Waals surface area contributed by atoms with Crippen LogP contribution in [0.4, 0.5) is 0 Å². The molecule has 19 heteroatoms. The number of hydrogen-bond acceptors (Lipinski definition) is 15. The number of phosphoric ester groups is 2. The van der Waals surface area contributed by atoms with Gasteiger partial charge in [-0.25, -0.2) is 9.13 Å². The second-order valence-electron chi connectivity index (χ2n) is 32.7. The number of rotatable bonds is 85. The van der Waals surface area contributed by atoms with E-state index in [-0.39, 0.29) is 25.7 Å². The van der Waals surface area contributed by atoms with Gasteiger partial charge in [0.1, 0.15) is 19.3 Å². The molecule has 0 aliphatic carbocycles. The first-order chi connectivity index (χ1) is 51.2. The van der Waals surface area contributed by atoms with E-state index >= 15 is 0 Å². The van der Waals surface area contributed by atoms with Crippen molar-refractivity contribution in [2.75, 3.05) is 39.6 Å². The van der Waals surface area contributed by atoms with Crippen LogP contribution in [0.5, 0.6) is 0 Å². The highest BCUT2D eigenvalue weighted by Crippen LogP contribution is 2.45. The van der Waals surface area contributed by atoms with Crippen LogP contribution >= 0.6 is 15.6 Å². The maximum Gasteiger partial charge on any atom is 0.472 e. The van der Waals surface area contributed by atoms with Crippen molar-refractivity contribution in [3.05, 3.63) is 0 Å². The Kier molecular flexibility index (Phi) is 75.6. The predicted octanol–water partition coefficient (Wildman–Crippen LogP) is 26.5. The van der Waals surface area contributed by atoms with Gasteiger partial charge in [-0.05, 0) is 43.4 Å². The summed E-state index contributed by atoms with van der Waals surface area (Å²) in [4.78, 5) is 73.2. The fourth-order valence-electron chi connectivity index (χ4n) is 13.5. The second-order valence-corrected chi connectivity index (χ2v) is 35.6. The molecule has 0 bridgehead atoms. The first-order valence-corrected chi connectivity index (χ1v) is 47.8. The fraction of sp³-hybridized carbons (Fsp3) is 0.954. The van der Waals surface area contributed by atoms with Gasteiger partial charge in [0.05, 0.1) is 26.4 Å². The van der Waals surface area contributed by atoms with Crippen LogP contribution in [-0.2, 0) is 65.4 Å². The Hall–Kier alpha value is -1.94. The van der Waals surface area contributed by atoms with E-state index in [1.165, 1.54) is 263 Å². The van der Waals surface area contributed by atoms with Gasteiger partial charge < -0.3 is 33.8 Å². The lowest BCUT2D eigenvalue weighted by Crippen LogP contribution is -2.30. The molecule has 630 valence electrons. The van der Waals surface area contributed by atoms with E-state index in [4.69, 9.17) is 37.0 Å². The highest BCUT2D eigenvalue weighted by Gasteiger charge is 2.30. The molecule has 0 aromatic carbocycles. The van der Waals surface area contributed by atoms with Gasteiger partial charge in [-0.2, -0.15) is 0 Å². The molecule has 0 aliphatic heterocycles. The molecule has 2 unspecified atom stereocenters. The van der Waals surface area contributed by atoms with Crippen LogP contribution in [-0.4, -0.2) is 96.7 Å². The molecule has 0 aliphatic rings. The summed E-state index contributed by atoms with van der Waals surface area (Å²) in [7, 11) is -9.93. The molecule has 0 saturated carbocycles. The molecule has 0 heterocycles. The number of hydrogen-bond donors (Lipinski definition) is 3. The quantitative estimate of drug-likeness (QED) is 0.0222. The van der Waals surface area contributed by atoms with Gasteiger partial charge in [-0.3, -0.25) is 37.3 Å². The topological polar surface area (TPSA) is 237 Å². The molecule has 0 aromatic heterocycles. The number of aliphatic hydroxyl groups excluding tert-OH is 1. The summed E-state index contributed by atoms with van der Waals surface area (Å²) in [5.74, 6) is 0.218. The van der Waals surface area contributed by atoms with Crippen molar-refractivity contribution in [2.45, 2.75) is 478 Å². The molecule has 3 N–H and O–H groups in total. The number of ether oxygens (including phenoxy) is 4. The lowest BCUT2D eigenvalue weighted by molar-refractivity contribution is -0.161. The number of unbranched alkanes of at least 4 members (excludes halogenated alkanes) is 53. The molecule has 0 saturated heterocycles. The van der Waals surface area contributed by atoms with Crippen molar-refractivity contribution >= 4 is 39.5 Å². The summed E-state index contributed by atoms with van der Waals surface area (Å²) in [6, 6.07) is 0. The summed E-state index contributed by atoms with van der Waals surface area (Å²) in [6.45, 7) is 12.0. The summed E-state index contributed by atoms with van der Waals surface area (Å²) in [6.07, 6.45) is 68.3. The summed E-state index contributed by atoms with van der Waals surface area (Å²) < 4.78 is 68.9. The van der Waals surface area contributed by atoms with Gasteiger partial charge in [0.25, 0.3) is 0 Å². The summed E-state index contributed by atoms with van der Waals surface area (Å²) >= 11 is 0. The Morgan fingerprint density at radius 3 is 0.642 bits per heavy atom. The maximum atomic E-state index is 13.2. The molecule has 17 nitrogen and oxygen atoms in total. The zero-order valence-electron chi connectivity index (χ0n) is 69.9. The van der Waals surface area contributed by atoms with Crippen molar-refractivity contribution in [1.82, 2.24) is 0 Å². The molecular weight excluding hydrogens is 1380 g/mol. The smallest absolute Gasteiger partial charge is 0.462 e. The average molecular weight is 1550 g/mol. The lowest BCUT2D eigenvalue weighted by atomic mass is 10.0. The Balaban J connectivity index is 5.20. The van der Waals surface area contributed by atoms with E-state index in [1.807, 2.05) is 0 Å². The van der Waals surface area contributed by atoms with Crippen LogP contribution in [0.1, 0.15) is 459 Å². The summed E-state index contributed by atoms with van der Waals surface area (Å²) in [5, 5.41) is 10.7. The molecule has 0 amide bonds. The predicted molar refractivity (Wildman–Crippen MR) is 437 cm³/mol. The van der Waals surface area contributed by atoms with E-state index in [9.17, 15) is 43.2 Å². The van der Waals surface area contributed by atoms with E-state index < -0.39 is 97.5 Å². The third kappa shape index (κ3) is 80.1. The van der Waals surface area contributed by atoms with Crippen molar-refractivity contribution in [1.29, 1.82) is 0 Å². The fourth-order valence-corrected chi connectivity index (χ4v) is 15.1. The highest BCUT2D eigenvalue weighted by molar-refractivity contribution is 7.47. The van der Waals surface area contributed by atoms with Crippen LogP contribution in [0.15, 0.2) is 0 Å². The minimum Gasteiger partial charge on any atom is -0.462 e. The molecule has 0 spiro atoms. The first-order valence-electron chi connectivity index (χ1n) is 44.8. The maximum absolute atomic E-state index is 13.2. The second kappa shape index (κ2) is 77.0. The first kappa shape index (κ1) is 104. The van der Waals surface area contributed by atoms with Crippen molar-refractivity contribution in [2.24, 2.45) is 17.8 Å². The number of carbonyl (C=O) groups is 4. The van der Waals surface area contributed by atoms with E-state index in [1.54, 1.807) is 0 Å². The lowest BCUT2D eigenvalue weighted by Gasteiger charge is -2.21. The largest absolute Gasteiger partial charge is 0.472 e. The number of carbonyl (C=O) groups excluding carboxylic acids is 4. The van der Waals surface area contributed by atoms with E-state index in [0.717, 1.165) is 108 Å². The van der Waals surface area contributed by atoms with Crippen molar-refractivity contribution < 1.29 is 80.2 Å². The highest BCUT2D eigenvalue weighted by atomic mass is 31.2. The Labute approximate surface area is 651 Å². The van der Waals surface area contributed by atoms with Gasteiger partial charge in [0.15, 0.2) is 12.2 Å². The van der Waals surface area contributed by atoms with Crippen molar-refractivity contribution in [3.63, 3.8) is 0 Å². The van der Waals surface area contributed by atoms with Gasteiger partial charge in [0.2, 0.25) is 0 Å². The number of esters is 4. The molecule has 106 heavy (non-hydrogen) atoms. The van der Waals surface area contributed by atoms with Crippen LogP contribution in [0.25, 0.3) is 0 Å². The van der Waals surface area contributed by atoms with Gasteiger partial charge in [-0.1, -0.05) is 408 Å². The zero-order valence-corrected chi connectivity index (χ0v) is 71.7. The van der Waals surface area contributed by atoms with E-state index in [0.29, 0.717) is 31.6 Å². The number of aliphatic hydroxyl groups is 1. The van der Waals surface area contributed by atoms with Crippen molar-refractivity contribution in [3.8, 4) is 0 Å². The normalized spacial score (nSPS) is 13.9. The summed E-state index contributed by atoms with van der Waals surface area (Å²) in [5.41, 5.74) is 0. The zero-order chi connectivity index (χ0) is 77.9. The van der Waals surface area contributed by atoms with E-state index in [2.05, 4.69) is 48.5 Å². The monoisotopic (exact) mass is 1550 g/mol. The molecule has 0 rings (SSSR count). The van der Waals surface area contributed by atoms with Crippen LogP contribution in [0.3, 0.4) is 0 Å². The molecule has 5 atom stereocenters. The molecule has 0 aromatic rings. The minimum absolute atomic E-state index is 0.107. The van der Waals surface area contributed by atoms with Crippen LogP contribution in [0.2, 0.25) is 0 Å². The van der Waals surface area contributed by atoms with Gasteiger partial charge in [-0.15, -0.1) is 0 Å². The Morgan fingerprint density at radius 2 is 0.434 bits per heavy atom. The Morgan fingerprint density at radius 1 is 0.255 bits per heavy atom. The molecule has 0 fully saturated rings. The van der Waals surface area contributed by atoms with Crippen LogP contribution < -0.4 is 0 Å². The minimum atomic E-state index is -4.97. The average Bonchev–Trinajstić information content (AvgIpc) is 0.904. The molecule has 0 radical (unpaired) electrons. The number of phosphoric acid groups is 2. The van der Waals surface area contributed by atoms with Gasteiger partial charge >= 0.3 is 39.5 Å². The third-order valence-corrected chi connectivity index (χ3v) is 22.3. The Bertz CT molecular complexity index is 2040. The standard InChI is InChI=1S/C87H170O17P2/c1-8-9-10-11-12-13-14-15-24-32-37-42-47-56-63-71-87(92)104-83(75-98-85(90)69-62-55-50-49-53-60-67-80(6)7)77-102-106(95,96)100-73-81(88)72-99-105(93,94)101-76-82(103-86(91)70-64-57-48-43-38-33-28-23-19-17-21-26-30-35-40-45-52-59-66-79(4)5)74-97-84(89)68-61-54-46-41-36-31-27-22-18-16-20-25-29-34-39-44-51-58-65-78(2)3/h78-83,88H,8-77H2,1-7H3,(H,93,94)(H,95,96)/t81-,82-,83-/m1/s1.